The van der Waals surface area contributed by atoms with Crippen molar-refractivity contribution in [1.82, 2.24) is 24.6 Å². The van der Waals surface area contributed by atoms with Gasteiger partial charge in [-0.3, -0.25) is 4.90 Å². The van der Waals surface area contributed by atoms with Gasteiger partial charge in [0.15, 0.2) is 0 Å². The van der Waals surface area contributed by atoms with Gasteiger partial charge in [-0.05, 0) is 45.1 Å². The zero-order valence-corrected chi connectivity index (χ0v) is 14.9. The summed E-state index contributed by atoms with van der Waals surface area (Å²) in [7, 11) is 0. The average Bonchev–Trinajstić information content (AvgIpc) is 3.32. The van der Waals surface area contributed by atoms with Crippen LogP contribution in [-0.4, -0.2) is 37.7 Å². The highest BCUT2D eigenvalue weighted by atomic mass is 16.4. The normalized spacial score (nSPS) is 24.9. The van der Waals surface area contributed by atoms with Gasteiger partial charge in [-0.15, -0.1) is 10.2 Å². The number of oxazole rings is 1. The zero-order chi connectivity index (χ0) is 16.6. The van der Waals surface area contributed by atoms with Crippen molar-refractivity contribution in [3.63, 3.8) is 0 Å². The molecule has 1 saturated heterocycles. The molecule has 1 saturated carbocycles. The molecule has 1 aliphatic carbocycles. The third kappa shape index (κ3) is 3.24. The van der Waals surface area contributed by atoms with Crippen LogP contribution in [0.5, 0.6) is 0 Å². The number of hydrogen-bond acceptors (Lipinski definition) is 5. The van der Waals surface area contributed by atoms with Crippen LogP contribution < -0.4 is 0 Å². The van der Waals surface area contributed by atoms with Gasteiger partial charge in [0.05, 0.1) is 12.7 Å². The summed E-state index contributed by atoms with van der Waals surface area (Å²) in [6.45, 7) is 4.08. The predicted molar refractivity (Wildman–Crippen MR) is 93.3 cm³/mol. The zero-order valence-electron chi connectivity index (χ0n) is 14.9. The molecule has 5 rings (SSSR count). The van der Waals surface area contributed by atoms with Crippen LogP contribution in [-0.2, 0) is 19.5 Å². The quantitative estimate of drug-likeness (QED) is 0.854. The third-order valence-corrected chi connectivity index (χ3v) is 5.92. The van der Waals surface area contributed by atoms with Crippen LogP contribution in [0.2, 0.25) is 0 Å². The van der Waals surface area contributed by atoms with Gasteiger partial charge < -0.3 is 8.98 Å². The maximum Gasteiger partial charge on any atom is 0.208 e. The molecule has 0 N–H and O–H groups in total. The van der Waals surface area contributed by atoms with Crippen LogP contribution in [0.1, 0.15) is 80.1 Å². The van der Waals surface area contributed by atoms with Crippen molar-refractivity contribution < 1.29 is 4.42 Å². The van der Waals surface area contributed by atoms with E-state index in [-0.39, 0.29) is 0 Å². The predicted octanol–water partition coefficient (Wildman–Crippen LogP) is 3.25. The molecule has 0 aromatic carbocycles. The van der Waals surface area contributed by atoms with Crippen LogP contribution in [0.4, 0.5) is 0 Å². The number of piperidine rings is 1. The van der Waals surface area contributed by atoms with Gasteiger partial charge in [0.25, 0.3) is 0 Å². The van der Waals surface area contributed by atoms with Crippen molar-refractivity contribution in [3.8, 4) is 0 Å². The summed E-state index contributed by atoms with van der Waals surface area (Å²) in [6.07, 6.45) is 11.8. The van der Waals surface area contributed by atoms with Gasteiger partial charge in [0, 0.05) is 31.3 Å². The minimum absolute atomic E-state index is 0.492. The Morgan fingerprint density at radius 2 is 1.96 bits per heavy atom. The van der Waals surface area contributed by atoms with Crippen LogP contribution in [0, 0.1) is 0 Å². The highest BCUT2D eigenvalue weighted by Crippen LogP contribution is 2.40. The minimum Gasteiger partial charge on any atom is -0.444 e. The summed E-state index contributed by atoms with van der Waals surface area (Å²) in [4.78, 5) is 6.98. The molecule has 0 amide bonds. The average molecular weight is 341 g/mol. The van der Waals surface area contributed by atoms with Crippen molar-refractivity contribution in [2.24, 2.45) is 0 Å². The minimum atomic E-state index is 0.492. The number of aryl methyl sites for hydroxylation is 1. The maximum absolute atomic E-state index is 5.96. The monoisotopic (exact) mass is 341 g/mol. The number of nitrogens with zero attached hydrogens (tertiary/aromatic N) is 5. The molecule has 6 nitrogen and oxygen atoms in total. The largest absolute Gasteiger partial charge is 0.444 e. The number of hydrogen-bond donors (Lipinski definition) is 0. The van der Waals surface area contributed by atoms with Gasteiger partial charge in [-0.25, -0.2) is 4.98 Å². The highest BCUT2D eigenvalue weighted by molar-refractivity contribution is 5.09. The Morgan fingerprint density at radius 3 is 2.88 bits per heavy atom. The summed E-state index contributed by atoms with van der Waals surface area (Å²) < 4.78 is 8.37. The standard InChI is InChI=1S/C19H27N5O/c1-2-6-17-21-22-19(24(17)10-3-1)15-5-4-9-23(12-15)13-18-20-11-16(25-18)14-7-8-14/h11,14-15H,1-10,12-13H2. The van der Waals surface area contributed by atoms with Gasteiger partial charge in [0.1, 0.15) is 17.4 Å². The van der Waals surface area contributed by atoms with E-state index in [0.717, 1.165) is 44.3 Å². The molecule has 1 atom stereocenters. The smallest absolute Gasteiger partial charge is 0.208 e. The van der Waals surface area contributed by atoms with E-state index in [9.17, 15) is 0 Å². The molecule has 2 fully saturated rings. The van der Waals surface area contributed by atoms with E-state index in [1.807, 2.05) is 6.20 Å². The van der Waals surface area contributed by atoms with Crippen molar-refractivity contribution in [2.75, 3.05) is 13.1 Å². The van der Waals surface area contributed by atoms with E-state index in [1.54, 1.807) is 0 Å². The Kier molecular flexibility index (Phi) is 4.08. The van der Waals surface area contributed by atoms with E-state index in [2.05, 4.69) is 24.6 Å². The number of likely N-dealkylation sites (tertiary alicyclic amines) is 1. The van der Waals surface area contributed by atoms with E-state index in [0.29, 0.717) is 11.8 Å². The van der Waals surface area contributed by atoms with Crippen molar-refractivity contribution >= 4 is 0 Å². The Morgan fingerprint density at radius 1 is 1.00 bits per heavy atom. The fourth-order valence-corrected chi connectivity index (χ4v) is 4.36. The molecule has 2 aromatic rings. The molecule has 3 aliphatic rings. The van der Waals surface area contributed by atoms with Crippen molar-refractivity contribution in [3.05, 3.63) is 29.5 Å². The maximum atomic E-state index is 5.96. The van der Waals surface area contributed by atoms with Gasteiger partial charge in [0.2, 0.25) is 5.89 Å². The second kappa shape index (κ2) is 6.56. The summed E-state index contributed by atoms with van der Waals surface area (Å²) in [5, 5.41) is 9.08. The van der Waals surface area contributed by atoms with Gasteiger partial charge in [-0.2, -0.15) is 0 Å². The molecule has 6 heteroatoms. The Labute approximate surface area is 148 Å². The second-order valence-corrected chi connectivity index (χ2v) is 7.94. The van der Waals surface area contributed by atoms with E-state index >= 15 is 0 Å². The number of rotatable bonds is 4. The lowest BCUT2D eigenvalue weighted by Gasteiger charge is -2.31. The van der Waals surface area contributed by atoms with E-state index < -0.39 is 0 Å². The van der Waals surface area contributed by atoms with Crippen LogP contribution in [0.3, 0.4) is 0 Å². The fraction of sp³-hybridized carbons (Fsp3) is 0.737. The Hall–Kier alpha value is -1.69. The first-order valence-corrected chi connectivity index (χ1v) is 9.96. The second-order valence-electron chi connectivity index (χ2n) is 7.94. The molecule has 4 heterocycles. The SMILES string of the molecule is c1nc(CN2CCCC(c3nnc4n3CCCCC4)C2)oc1C1CC1. The lowest BCUT2D eigenvalue weighted by molar-refractivity contribution is 0.177. The molecule has 0 bridgehead atoms. The molecular weight excluding hydrogens is 314 g/mol. The molecule has 2 aromatic heterocycles. The summed E-state index contributed by atoms with van der Waals surface area (Å²) in [6, 6.07) is 0. The molecule has 1 unspecified atom stereocenters. The Balaban J connectivity index is 1.28. The van der Waals surface area contributed by atoms with Crippen LogP contribution in [0.15, 0.2) is 10.6 Å². The van der Waals surface area contributed by atoms with E-state index in [1.165, 1.54) is 56.6 Å². The van der Waals surface area contributed by atoms with E-state index in [4.69, 9.17) is 4.42 Å². The fourth-order valence-electron chi connectivity index (χ4n) is 4.36. The van der Waals surface area contributed by atoms with Crippen LogP contribution >= 0.6 is 0 Å². The molecule has 0 spiro atoms. The highest BCUT2D eigenvalue weighted by Gasteiger charge is 2.30. The molecule has 0 radical (unpaired) electrons. The van der Waals surface area contributed by atoms with Gasteiger partial charge in [-0.1, -0.05) is 6.42 Å². The Bertz CT molecular complexity index is 732. The first-order chi connectivity index (χ1) is 12.4. The number of fused-ring (bicyclic) bond motifs is 1. The first kappa shape index (κ1) is 15.6. The molecule has 2 aliphatic heterocycles. The van der Waals surface area contributed by atoms with Crippen molar-refractivity contribution in [2.45, 2.75) is 76.3 Å². The molecule has 25 heavy (non-hydrogen) atoms. The van der Waals surface area contributed by atoms with Crippen molar-refractivity contribution in [1.29, 1.82) is 0 Å². The van der Waals surface area contributed by atoms with Gasteiger partial charge >= 0.3 is 0 Å². The molecule has 134 valence electrons. The lowest BCUT2D eigenvalue weighted by atomic mass is 9.97. The molecular formula is C19H27N5O. The number of aromatic nitrogens is 4. The lowest BCUT2D eigenvalue weighted by Crippen LogP contribution is -2.35. The van der Waals surface area contributed by atoms with Crippen LogP contribution in [0.25, 0.3) is 0 Å². The summed E-state index contributed by atoms with van der Waals surface area (Å²) in [5.41, 5.74) is 0. The topological polar surface area (TPSA) is 60.0 Å². The third-order valence-electron chi connectivity index (χ3n) is 5.92. The summed E-state index contributed by atoms with van der Waals surface area (Å²) >= 11 is 0. The first-order valence-electron chi connectivity index (χ1n) is 9.96. The summed E-state index contributed by atoms with van der Waals surface area (Å²) in [5.74, 6) is 5.51.